The van der Waals surface area contributed by atoms with Gasteiger partial charge in [0.15, 0.2) is 0 Å². The van der Waals surface area contributed by atoms with E-state index < -0.39 is 0 Å². The van der Waals surface area contributed by atoms with Crippen LogP contribution in [-0.4, -0.2) is 28.3 Å². The highest BCUT2D eigenvalue weighted by atomic mass is 15.3. The maximum absolute atomic E-state index is 9.17. The van der Waals surface area contributed by atoms with Crippen molar-refractivity contribution in [3.63, 3.8) is 0 Å². The predicted octanol–water partition coefficient (Wildman–Crippen LogP) is 1.32. The number of hydrogen-bond donors (Lipinski definition) is 0. The lowest BCUT2D eigenvalue weighted by Crippen LogP contribution is -2.26. The van der Waals surface area contributed by atoms with Crippen molar-refractivity contribution >= 4 is 0 Å². The van der Waals surface area contributed by atoms with Gasteiger partial charge in [0, 0.05) is 31.1 Å². The van der Waals surface area contributed by atoms with Crippen LogP contribution < -0.4 is 0 Å². The topological polar surface area (TPSA) is 44.9 Å². The molecule has 1 aromatic heterocycles. The summed E-state index contributed by atoms with van der Waals surface area (Å²) in [6, 6.07) is 2.54. The number of hydrogen-bond acceptors (Lipinski definition) is 3. The number of fused-ring (bicyclic) bond motifs is 1. The molecule has 0 radical (unpaired) electrons. The van der Waals surface area contributed by atoms with Crippen molar-refractivity contribution in [3.05, 3.63) is 17.0 Å². The second-order valence-corrected chi connectivity index (χ2v) is 4.41. The highest BCUT2D eigenvalue weighted by Gasteiger charge is 2.23. The molecule has 0 fully saturated rings. The van der Waals surface area contributed by atoms with Crippen LogP contribution in [0.25, 0.3) is 0 Å². The zero-order chi connectivity index (χ0) is 11.0. The Bertz CT molecular complexity index is 411. The van der Waals surface area contributed by atoms with E-state index in [1.54, 1.807) is 0 Å². The van der Waals surface area contributed by atoms with Gasteiger partial charge in [0.05, 0.1) is 5.69 Å². The standard InChI is InChI=1S/C11H16N4/c1-8(2)15-11(6-12)9-7-14(3)5-4-10(9)13-15/h8H,4-5,7H2,1-3H3. The highest BCUT2D eigenvalue weighted by molar-refractivity contribution is 5.37. The molecule has 4 heteroatoms. The van der Waals surface area contributed by atoms with Gasteiger partial charge in [0.25, 0.3) is 0 Å². The Hall–Kier alpha value is -1.34. The fourth-order valence-corrected chi connectivity index (χ4v) is 2.02. The number of aromatic nitrogens is 2. The first-order valence-corrected chi connectivity index (χ1v) is 5.32. The van der Waals surface area contributed by atoms with E-state index in [4.69, 9.17) is 5.26 Å². The summed E-state index contributed by atoms with van der Waals surface area (Å²) in [6.45, 7) is 6.00. The minimum atomic E-state index is 0.260. The van der Waals surface area contributed by atoms with Gasteiger partial charge >= 0.3 is 0 Å². The summed E-state index contributed by atoms with van der Waals surface area (Å²) in [7, 11) is 2.08. The van der Waals surface area contributed by atoms with Gasteiger partial charge in [-0.15, -0.1) is 0 Å². The van der Waals surface area contributed by atoms with E-state index in [1.165, 1.54) is 0 Å². The Kier molecular flexibility index (Phi) is 2.49. The molecule has 0 spiro atoms. The summed E-state index contributed by atoms with van der Waals surface area (Å²) in [6.07, 6.45) is 0.959. The number of nitrogens with zero attached hydrogens (tertiary/aromatic N) is 4. The fourth-order valence-electron chi connectivity index (χ4n) is 2.02. The van der Waals surface area contributed by atoms with E-state index in [9.17, 15) is 0 Å². The predicted molar refractivity (Wildman–Crippen MR) is 57.4 cm³/mol. The molecule has 1 aliphatic heterocycles. The van der Waals surface area contributed by atoms with Gasteiger partial charge in [-0.05, 0) is 20.9 Å². The lowest BCUT2D eigenvalue weighted by atomic mass is 10.1. The first-order valence-electron chi connectivity index (χ1n) is 5.32. The largest absolute Gasteiger partial charge is 0.302 e. The average molecular weight is 204 g/mol. The van der Waals surface area contributed by atoms with Crippen molar-refractivity contribution in [1.82, 2.24) is 14.7 Å². The van der Waals surface area contributed by atoms with E-state index in [1.807, 2.05) is 4.68 Å². The van der Waals surface area contributed by atoms with E-state index in [-0.39, 0.29) is 6.04 Å². The van der Waals surface area contributed by atoms with Crippen LogP contribution in [0.3, 0.4) is 0 Å². The third-order valence-electron chi connectivity index (χ3n) is 2.85. The summed E-state index contributed by atoms with van der Waals surface area (Å²) < 4.78 is 1.85. The molecule has 80 valence electrons. The van der Waals surface area contributed by atoms with E-state index >= 15 is 0 Å². The molecule has 4 nitrogen and oxygen atoms in total. The summed E-state index contributed by atoms with van der Waals surface area (Å²) in [4.78, 5) is 2.23. The lowest BCUT2D eigenvalue weighted by molar-refractivity contribution is 0.311. The zero-order valence-corrected chi connectivity index (χ0v) is 9.49. The molecule has 2 heterocycles. The molecular formula is C11H16N4. The quantitative estimate of drug-likeness (QED) is 0.693. The number of rotatable bonds is 1. The number of nitriles is 1. The molecule has 0 atom stereocenters. The molecule has 1 aliphatic rings. The smallest absolute Gasteiger partial charge is 0.143 e. The van der Waals surface area contributed by atoms with Crippen molar-refractivity contribution in [2.45, 2.75) is 32.9 Å². The van der Waals surface area contributed by atoms with Gasteiger partial charge in [-0.2, -0.15) is 10.4 Å². The minimum Gasteiger partial charge on any atom is -0.302 e. The molecule has 0 saturated heterocycles. The maximum atomic E-state index is 9.17. The first kappa shape index (κ1) is 10.2. The summed E-state index contributed by atoms with van der Waals surface area (Å²) in [5.41, 5.74) is 2.98. The van der Waals surface area contributed by atoms with Crippen LogP contribution in [-0.2, 0) is 13.0 Å². The summed E-state index contributed by atoms with van der Waals surface area (Å²) >= 11 is 0. The van der Waals surface area contributed by atoms with Crippen LogP contribution in [0.1, 0.15) is 36.8 Å². The van der Waals surface area contributed by atoms with Gasteiger partial charge in [-0.3, -0.25) is 4.68 Å². The Morgan fingerprint density at radius 1 is 1.47 bits per heavy atom. The highest BCUT2D eigenvalue weighted by Crippen LogP contribution is 2.23. The van der Waals surface area contributed by atoms with Crippen LogP contribution in [0, 0.1) is 11.3 Å². The molecular weight excluding hydrogens is 188 g/mol. The molecule has 0 N–H and O–H groups in total. The third-order valence-corrected chi connectivity index (χ3v) is 2.85. The molecule has 15 heavy (non-hydrogen) atoms. The molecule has 2 rings (SSSR count). The third kappa shape index (κ3) is 1.64. The fraction of sp³-hybridized carbons (Fsp3) is 0.636. The van der Waals surface area contributed by atoms with Crippen LogP contribution in [0.15, 0.2) is 0 Å². The van der Waals surface area contributed by atoms with Crippen molar-refractivity contribution in [3.8, 4) is 6.07 Å². The van der Waals surface area contributed by atoms with Crippen molar-refractivity contribution in [2.75, 3.05) is 13.6 Å². The van der Waals surface area contributed by atoms with Gasteiger partial charge in [0.1, 0.15) is 11.8 Å². The molecule has 1 aromatic rings. The Balaban J connectivity index is 2.50. The Labute approximate surface area is 90.1 Å². The maximum Gasteiger partial charge on any atom is 0.143 e. The molecule has 0 amide bonds. The Morgan fingerprint density at radius 3 is 2.80 bits per heavy atom. The van der Waals surface area contributed by atoms with Gasteiger partial charge in [0.2, 0.25) is 0 Å². The van der Waals surface area contributed by atoms with E-state index in [0.717, 1.165) is 36.5 Å². The number of likely N-dealkylation sites (N-methyl/N-ethyl adjacent to an activating group) is 1. The normalized spacial score (nSPS) is 16.5. The van der Waals surface area contributed by atoms with Crippen LogP contribution in [0.2, 0.25) is 0 Å². The molecule has 0 aliphatic carbocycles. The van der Waals surface area contributed by atoms with Gasteiger partial charge in [-0.25, -0.2) is 0 Å². The van der Waals surface area contributed by atoms with Crippen molar-refractivity contribution < 1.29 is 0 Å². The summed E-state index contributed by atoms with van der Waals surface area (Å²) in [5.74, 6) is 0. The monoisotopic (exact) mass is 204 g/mol. The van der Waals surface area contributed by atoms with Crippen LogP contribution in [0.5, 0.6) is 0 Å². The van der Waals surface area contributed by atoms with Crippen LogP contribution in [0.4, 0.5) is 0 Å². The van der Waals surface area contributed by atoms with Crippen molar-refractivity contribution in [1.29, 1.82) is 5.26 Å². The van der Waals surface area contributed by atoms with Crippen molar-refractivity contribution in [2.24, 2.45) is 0 Å². The molecule has 0 saturated carbocycles. The zero-order valence-electron chi connectivity index (χ0n) is 9.49. The second-order valence-electron chi connectivity index (χ2n) is 4.41. The first-order chi connectivity index (χ1) is 7.13. The van der Waals surface area contributed by atoms with Gasteiger partial charge in [-0.1, -0.05) is 0 Å². The van der Waals surface area contributed by atoms with Gasteiger partial charge < -0.3 is 4.90 Å². The SMILES string of the molecule is CC(C)n1nc2c(c1C#N)CN(C)CC2. The summed E-state index contributed by atoms with van der Waals surface area (Å²) in [5, 5.41) is 13.7. The van der Waals surface area contributed by atoms with E-state index in [2.05, 4.69) is 37.0 Å². The molecule has 0 aromatic carbocycles. The molecule has 0 bridgehead atoms. The van der Waals surface area contributed by atoms with Crippen LogP contribution >= 0.6 is 0 Å². The molecule has 0 unspecified atom stereocenters. The lowest BCUT2D eigenvalue weighted by Gasteiger charge is -2.20. The second kappa shape index (κ2) is 3.67. The Morgan fingerprint density at radius 2 is 2.20 bits per heavy atom. The average Bonchev–Trinajstić information content (AvgIpc) is 2.55. The van der Waals surface area contributed by atoms with E-state index in [0.29, 0.717) is 0 Å². The minimum absolute atomic E-state index is 0.260.